The molecule has 5 nitrogen and oxygen atoms in total. The molecular formula is C11H17N3O2. The molecule has 2 amide bonds. The summed E-state index contributed by atoms with van der Waals surface area (Å²) < 4.78 is 0. The van der Waals surface area contributed by atoms with Crippen LogP contribution in [0.1, 0.15) is 19.3 Å². The SMILES string of the molecule is O=C1CC(N2CC3CCCNC3C2)C(=O)N1. The number of piperidine rings is 1. The van der Waals surface area contributed by atoms with Crippen LogP contribution in [0.25, 0.3) is 0 Å². The molecule has 3 aliphatic heterocycles. The van der Waals surface area contributed by atoms with Gasteiger partial charge >= 0.3 is 0 Å². The van der Waals surface area contributed by atoms with E-state index < -0.39 is 0 Å². The summed E-state index contributed by atoms with van der Waals surface area (Å²) in [6, 6.07) is 0.317. The van der Waals surface area contributed by atoms with E-state index in [1.54, 1.807) is 0 Å². The van der Waals surface area contributed by atoms with Crippen molar-refractivity contribution in [1.29, 1.82) is 0 Å². The van der Waals surface area contributed by atoms with Crippen LogP contribution in [0, 0.1) is 5.92 Å². The Morgan fingerprint density at radius 1 is 1.25 bits per heavy atom. The molecular weight excluding hydrogens is 206 g/mol. The Labute approximate surface area is 94.6 Å². The Morgan fingerprint density at radius 3 is 2.81 bits per heavy atom. The molecule has 0 saturated carbocycles. The van der Waals surface area contributed by atoms with Gasteiger partial charge in [0.2, 0.25) is 11.8 Å². The van der Waals surface area contributed by atoms with Crippen molar-refractivity contribution in [3.05, 3.63) is 0 Å². The quantitative estimate of drug-likeness (QED) is 0.565. The van der Waals surface area contributed by atoms with Crippen LogP contribution in [0.15, 0.2) is 0 Å². The van der Waals surface area contributed by atoms with Crippen molar-refractivity contribution >= 4 is 11.8 Å². The molecule has 88 valence electrons. The number of hydrogen-bond acceptors (Lipinski definition) is 4. The first-order valence-electron chi connectivity index (χ1n) is 6.05. The van der Waals surface area contributed by atoms with Gasteiger partial charge in [-0.3, -0.25) is 19.8 Å². The summed E-state index contributed by atoms with van der Waals surface area (Å²) in [5.41, 5.74) is 0. The third kappa shape index (κ3) is 1.64. The minimum absolute atomic E-state index is 0.108. The van der Waals surface area contributed by atoms with E-state index in [1.807, 2.05) is 0 Å². The number of carbonyl (C=O) groups is 2. The van der Waals surface area contributed by atoms with Crippen LogP contribution in [0.4, 0.5) is 0 Å². The standard InChI is InChI=1S/C11H17N3O2/c15-10-4-9(11(16)13-10)14-5-7-2-1-3-12-8(7)6-14/h7-9,12H,1-6H2,(H,13,15,16). The van der Waals surface area contributed by atoms with Gasteiger partial charge in [-0.25, -0.2) is 0 Å². The summed E-state index contributed by atoms with van der Waals surface area (Å²) in [6.45, 7) is 2.96. The predicted octanol–water partition coefficient (Wildman–Crippen LogP) is -0.915. The second-order valence-corrected chi connectivity index (χ2v) is 5.05. The molecule has 5 heteroatoms. The van der Waals surface area contributed by atoms with Crippen molar-refractivity contribution in [2.45, 2.75) is 31.3 Å². The molecule has 3 heterocycles. The predicted molar refractivity (Wildman–Crippen MR) is 57.6 cm³/mol. The molecule has 0 aromatic carbocycles. The van der Waals surface area contributed by atoms with Crippen molar-refractivity contribution in [2.24, 2.45) is 5.92 Å². The number of amides is 2. The van der Waals surface area contributed by atoms with Crippen molar-refractivity contribution < 1.29 is 9.59 Å². The van der Waals surface area contributed by atoms with Gasteiger partial charge in [0, 0.05) is 19.1 Å². The summed E-state index contributed by atoms with van der Waals surface area (Å²) in [5, 5.41) is 5.89. The molecule has 0 aromatic rings. The van der Waals surface area contributed by atoms with Crippen molar-refractivity contribution in [3.63, 3.8) is 0 Å². The lowest BCUT2D eigenvalue weighted by Crippen LogP contribution is -2.42. The summed E-state index contributed by atoms with van der Waals surface area (Å²) in [5.74, 6) is 0.429. The van der Waals surface area contributed by atoms with Crippen LogP contribution in [-0.2, 0) is 9.59 Å². The Hall–Kier alpha value is -0.940. The van der Waals surface area contributed by atoms with Gasteiger partial charge in [-0.15, -0.1) is 0 Å². The van der Waals surface area contributed by atoms with Crippen LogP contribution in [-0.4, -0.2) is 48.4 Å². The number of nitrogens with one attached hydrogen (secondary N) is 2. The summed E-state index contributed by atoms with van der Waals surface area (Å²) in [4.78, 5) is 24.9. The third-order valence-corrected chi connectivity index (χ3v) is 4.01. The molecule has 0 radical (unpaired) electrons. The summed E-state index contributed by atoms with van der Waals surface area (Å²) in [6.07, 6.45) is 2.82. The monoisotopic (exact) mass is 223 g/mol. The number of carbonyl (C=O) groups excluding carboxylic acids is 2. The van der Waals surface area contributed by atoms with Gasteiger partial charge in [-0.1, -0.05) is 0 Å². The van der Waals surface area contributed by atoms with Crippen LogP contribution in [0.5, 0.6) is 0 Å². The Balaban J connectivity index is 1.68. The van der Waals surface area contributed by atoms with Gasteiger partial charge < -0.3 is 5.32 Å². The first kappa shape index (κ1) is 10.2. The van der Waals surface area contributed by atoms with E-state index in [4.69, 9.17) is 0 Å². The van der Waals surface area contributed by atoms with Crippen LogP contribution < -0.4 is 10.6 Å². The maximum absolute atomic E-state index is 11.6. The minimum atomic E-state index is -0.208. The second-order valence-electron chi connectivity index (χ2n) is 5.05. The van der Waals surface area contributed by atoms with E-state index in [2.05, 4.69) is 15.5 Å². The second kappa shape index (κ2) is 3.82. The fraction of sp³-hybridized carbons (Fsp3) is 0.818. The molecule has 0 spiro atoms. The number of nitrogens with zero attached hydrogens (tertiary/aromatic N) is 1. The Morgan fingerprint density at radius 2 is 2.12 bits per heavy atom. The van der Waals surface area contributed by atoms with Crippen molar-refractivity contribution in [2.75, 3.05) is 19.6 Å². The molecule has 16 heavy (non-hydrogen) atoms. The van der Waals surface area contributed by atoms with Crippen LogP contribution in [0.2, 0.25) is 0 Å². The highest BCUT2D eigenvalue weighted by molar-refractivity contribution is 6.05. The third-order valence-electron chi connectivity index (χ3n) is 4.01. The first-order valence-corrected chi connectivity index (χ1v) is 6.05. The van der Waals surface area contributed by atoms with Crippen LogP contribution in [0.3, 0.4) is 0 Å². The molecule has 0 aliphatic carbocycles. The zero-order valence-corrected chi connectivity index (χ0v) is 9.24. The lowest BCUT2D eigenvalue weighted by Gasteiger charge is -2.24. The van der Waals surface area contributed by atoms with Gasteiger partial charge in [0.25, 0.3) is 0 Å². The highest BCUT2D eigenvalue weighted by Crippen LogP contribution is 2.27. The average molecular weight is 223 g/mol. The van der Waals surface area contributed by atoms with Gasteiger partial charge in [-0.05, 0) is 25.3 Å². The van der Waals surface area contributed by atoms with Gasteiger partial charge in [-0.2, -0.15) is 0 Å². The number of likely N-dealkylation sites (tertiary alicyclic amines) is 1. The van der Waals surface area contributed by atoms with E-state index >= 15 is 0 Å². The van der Waals surface area contributed by atoms with Gasteiger partial charge in [0.05, 0.1) is 12.5 Å². The molecule has 3 saturated heterocycles. The molecule has 3 fully saturated rings. The van der Waals surface area contributed by atoms with E-state index in [1.165, 1.54) is 12.8 Å². The maximum atomic E-state index is 11.6. The number of hydrogen-bond donors (Lipinski definition) is 2. The highest BCUT2D eigenvalue weighted by atomic mass is 16.2. The first-order chi connectivity index (χ1) is 7.74. The summed E-state index contributed by atoms with van der Waals surface area (Å²) in [7, 11) is 0. The molecule has 0 bridgehead atoms. The van der Waals surface area contributed by atoms with E-state index in [0.717, 1.165) is 19.6 Å². The number of imide groups is 1. The largest absolute Gasteiger partial charge is 0.312 e. The fourth-order valence-corrected chi connectivity index (χ4v) is 3.17. The highest BCUT2D eigenvalue weighted by Gasteiger charge is 2.42. The molecule has 0 aromatic heterocycles. The Bertz CT molecular complexity index is 317. The molecule has 3 unspecified atom stereocenters. The smallest absolute Gasteiger partial charge is 0.244 e. The number of fused-ring (bicyclic) bond motifs is 1. The zero-order chi connectivity index (χ0) is 11.1. The Kier molecular flexibility index (Phi) is 2.44. The van der Waals surface area contributed by atoms with E-state index in [-0.39, 0.29) is 17.9 Å². The normalized spacial score (nSPS) is 39.9. The van der Waals surface area contributed by atoms with Crippen molar-refractivity contribution in [3.8, 4) is 0 Å². The molecule has 3 rings (SSSR count). The minimum Gasteiger partial charge on any atom is -0.312 e. The maximum Gasteiger partial charge on any atom is 0.244 e. The lowest BCUT2D eigenvalue weighted by molar-refractivity contribution is -0.126. The number of rotatable bonds is 1. The zero-order valence-electron chi connectivity index (χ0n) is 9.24. The van der Waals surface area contributed by atoms with Gasteiger partial charge in [0.1, 0.15) is 0 Å². The van der Waals surface area contributed by atoms with E-state index in [0.29, 0.717) is 18.4 Å². The van der Waals surface area contributed by atoms with E-state index in [9.17, 15) is 9.59 Å². The summed E-state index contributed by atoms with van der Waals surface area (Å²) >= 11 is 0. The fourth-order valence-electron chi connectivity index (χ4n) is 3.17. The lowest BCUT2D eigenvalue weighted by atomic mass is 9.94. The molecule has 2 N–H and O–H groups in total. The topological polar surface area (TPSA) is 61.4 Å². The van der Waals surface area contributed by atoms with Crippen molar-refractivity contribution in [1.82, 2.24) is 15.5 Å². The average Bonchev–Trinajstić information content (AvgIpc) is 2.81. The molecule has 3 aliphatic rings. The molecule has 3 atom stereocenters. The van der Waals surface area contributed by atoms with Gasteiger partial charge in [0.15, 0.2) is 0 Å². The van der Waals surface area contributed by atoms with Crippen LogP contribution >= 0.6 is 0 Å².